The van der Waals surface area contributed by atoms with E-state index in [0.29, 0.717) is 5.92 Å². The third-order valence-corrected chi connectivity index (χ3v) is 5.99. The molecule has 0 bridgehead atoms. The van der Waals surface area contributed by atoms with Crippen LogP contribution in [-0.2, 0) is 32.1 Å². The Labute approximate surface area is 180 Å². The molecule has 0 spiro atoms. The van der Waals surface area contributed by atoms with E-state index in [0.717, 1.165) is 36.8 Å². The van der Waals surface area contributed by atoms with Gasteiger partial charge >= 0.3 is 11.9 Å². The van der Waals surface area contributed by atoms with Gasteiger partial charge in [-0.1, -0.05) is 70.5 Å². The van der Waals surface area contributed by atoms with Crippen molar-refractivity contribution >= 4 is 27.9 Å². The first-order chi connectivity index (χ1) is 14.1. The zero-order valence-corrected chi connectivity index (χ0v) is 18.3. The minimum atomic E-state index is -0.313. The molecule has 0 heterocycles. The van der Waals surface area contributed by atoms with Crippen LogP contribution in [0.4, 0.5) is 0 Å². The van der Waals surface area contributed by atoms with Crippen molar-refractivity contribution in [1.29, 1.82) is 0 Å². The van der Waals surface area contributed by atoms with Gasteiger partial charge in [0.05, 0.1) is 5.92 Å². The first-order valence-electron chi connectivity index (χ1n) is 10.1. The Hall–Kier alpha value is -2.14. The van der Waals surface area contributed by atoms with Gasteiger partial charge in [0, 0.05) is 0 Å². The van der Waals surface area contributed by atoms with E-state index in [1.165, 1.54) is 5.56 Å². The molecule has 3 rings (SSSR count). The molecule has 1 aliphatic carbocycles. The average molecular weight is 459 g/mol. The van der Waals surface area contributed by atoms with Gasteiger partial charge in [-0.2, -0.15) is 0 Å². The van der Waals surface area contributed by atoms with E-state index in [1.807, 2.05) is 49.4 Å². The van der Waals surface area contributed by atoms with E-state index >= 15 is 0 Å². The predicted molar refractivity (Wildman–Crippen MR) is 116 cm³/mol. The van der Waals surface area contributed by atoms with Gasteiger partial charge in [-0.15, -0.1) is 0 Å². The number of carbonyl (C=O) groups excluding carboxylic acids is 2. The standard InChI is InChI=1S/C24H27BrO4/c1-17(24(27)28-16-19-6-3-2-4-7-19)20-12-10-18(11-13-20)14-21-8-5-9-22(21)29-23(26)15-25/h2-4,6-7,10-13,17,21-22H,5,8-9,14-16H2,1H3/t17-,21+,22-/m0/s1. The molecule has 0 amide bonds. The zero-order valence-electron chi connectivity index (χ0n) is 16.7. The molecule has 1 fully saturated rings. The Balaban J connectivity index is 1.53. The third-order valence-electron chi connectivity index (χ3n) is 5.54. The fourth-order valence-electron chi connectivity index (χ4n) is 3.83. The molecule has 0 N–H and O–H groups in total. The van der Waals surface area contributed by atoms with Crippen molar-refractivity contribution in [2.75, 3.05) is 5.33 Å². The van der Waals surface area contributed by atoms with Crippen LogP contribution in [-0.4, -0.2) is 23.4 Å². The normalized spacial score (nSPS) is 19.5. The molecule has 1 aliphatic rings. The smallest absolute Gasteiger partial charge is 0.316 e. The molecule has 0 saturated heterocycles. The lowest BCUT2D eigenvalue weighted by Gasteiger charge is -2.20. The predicted octanol–water partition coefficient (Wildman–Crippen LogP) is 5.18. The van der Waals surface area contributed by atoms with E-state index in [2.05, 4.69) is 28.1 Å². The quantitative estimate of drug-likeness (QED) is 0.403. The largest absolute Gasteiger partial charge is 0.461 e. The summed E-state index contributed by atoms with van der Waals surface area (Å²) in [5.74, 6) is -0.372. The summed E-state index contributed by atoms with van der Waals surface area (Å²) in [6.07, 6.45) is 3.99. The van der Waals surface area contributed by atoms with E-state index in [1.54, 1.807) is 0 Å². The number of benzene rings is 2. The molecule has 0 radical (unpaired) electrons. The minimum absolute atomic E-state index is 0.00612. The second kappa shape index (κ2) is 10.6. The SMILES string of the molecule is C[C@H](C(=O)OCc1ccccc1)c1ccc(C[C@H]2CCC[C@@H]2OC(=O)CBr)cc1. The van der Waals surface area contributed by atoms with Crippen LogP contribution in [0, 0.1) is 5.92 Å². The number of halogens is 1. The van der Waals surface area contributed by atoms with Gasteiger partial charge in [0.2, 0.25) is 0 Å². The minimum Gasteiger partial charge on any atom is -0.461 e. The summed E-state index contributed by atoms with van der Waals surface area (Å²) in [4.78, 5) is 24.0. The van der Waals surface area contributed by atoms with Crippen LogP contribution in [0.5, 0.6) is 0 Å². The Morgan fingerprint density at radius 3 is 2.45 bits per heavy atom. The lowest BCUT2D eigenvalue weighted by Crippen LogP contribution is -2.24. The molecule has 0 aliphatic heterocycles. The molecular weight excluding hydrogens is 432 g/mol. The van der Waals surface area contributed by atoms with E-state index in [-0.39, 0.29) is 35.9 Å². The van der Waals surface area contributed by atoms with Gasteiger partial charge in [0.25, 0.3) is 0 Å². The monoisotopic (exact) mass is 458 g/mol. The lowest BCUT2D eigenvalue weighted by atomic mass is 9.93. The summed E-state index contributed by atoms with van der Waals surface area (Å²) in [5.41, 5.74) is 3.13. The fourth-order valence-corrected chi connectivity index (χ4v) is 3.96. The first kappa shape index (κ1) is 21.6. The average Bonchev–Trinajstić information content (AvgIpc) is 3.19. The van der Waals surface area contributed by atoms with Gasteiger partial charge < -0.3 is 9.47 Å². The van der Waals surface area contributed by atoms with Gasteiger partial charge in [-0.25, -0.2) is 0 Å². The molecule has 154 valence electrons. The maximum atomic E-state index is 12.4. The number of rotatable bonds is 8. The van der Waals surface area contributed by atoms with Crippen molar-refractivity contribution in [2.45, 2.75) is 51.2 Å². The number of hydrogen-bond donors (Lipinski definition) is 0. The number of esters is 2. The molecule has 29 heavy (non-hydrogen) atoms. The molecule has 0 unspecified atom stereocenters. The highest BCUT2D eigenvalue weighted by Gasteiger charge is 2.30. The van der Waals surface area contributed by atoms with Crippen LogP contribution < -0.4 is 0 Å². The fraction of sp³-hybridized carbons (Fsp3) is 0.417. The molecule has 2 aromatic rings. The van der Waals surface area contributed by atoms with Crippen molar-refractivity contribution < 1.29 is 19.1 Å². The van der Waals surface area contributed by atoms with Gasteiger partial charge in [-0.3, -0.25) is 9.59 Å². The van der Waals surface area contributed by atoms with E-state index in [9.17, 15) is 9.59 Å². The van der Waals surface area contributed by atoms with Gasteiger partial charge in [-0.05, 0) is 55.2 Å². The molecule has 4 nitrogen and oxygen atoms in total. The zero-order chi connectivity index (χ0) is 20.6. The van der Waals surface area contributed by atoms with Gasteiger partial charge in [0.1, 0.15) is 18.0 Å². The topological polar surface area (TPSA) is 52.6 Å². The summed E-state index contributed by atoms with van der Waals surface area (Å²) in [7, 11) is 0. The highest BCUT2D eigenvalue weighted by Crippen LogP contribution is 2.32. The van der Waals surface area contributed by atoms with Crippen molar-refractivity contribution in [3.63, 3.8) is 0 Å². The number of carbonyl (C=O) groups is 2. The van der Waals surface area contributed by atoms with Crippen LogP contribution in [0.15, 0.2) is 54.6 Å². The number of alkyl halides is 1. The van der Waals surface area contributed by atoms with Crippen molar-refractivity contribution in [2.24, 2.45) is 5.92 Å². The van der Waals surface area contributed by atoms with Crippen LogP contribution in [0.1, 0.15) is 48.8 Å². The van der Waals surface area contributed by atoms with Crippen LogP contribution in [0.25, 0.3) is 0 Å². The second-order valence-electron chi connectivity index (χ2n) is 7.61. The summed E-state index contributed by atoms with van der Waals surface area (Å²) in [6, 6.07) is 17.8. The maximum absolute atomic E-state index is 12.4. The van der Waals surface area contributed by atoms with Crippen molar-refractivity contribution in [3.05, 3.63) is 71.3 Å². The van der Waals surface area contributed by atoms with E-state index in [4.69, 9.17) is 9.47 Å². The Morgan fingerprint density at radius 1 is 1.03 bits per heavy atom. The van der Waals surface area contributed by atoms with Crippen molar-refractivity contribution in [3.8, 4) is 0 Å². The Kier molecular flexibility index (Phi) is 7.87. The summed E-state index contributed by atoms with van der Waals surface area (Å²) in [5, 5.41) is 0.239. The van der Waals surface area contributed by atoms with Crippen molar-refractivity contribution in [1.82, 2.24) is 0 Å². The summed E-state index contributed by atoms with van der Waals surface area (Å²) >= 11 is 3.15. The lowest BCUT2D eigenvalue weighted by molar-refractivity contribution is -0.147. The van der Waals surface area contributed by atoms with Crippen LogP contribution in [0.3, 0.4) is 0 Å². The third kappa shape index (κ3) is 6.17. The Bertz CT molecular complexity index is 803. The molecule has 0 aromatic heterocycles. The highest BCUT2D eigenvalue weighted by atomic mass is 79.9. The molecule has 3 atom stereocenters. The molecular formula is C24H27BrO4. The molecule has 2 aromatic carbocycles. The molecule has 5 heteroatoms. The van der Waals surface area contributed by atoms with Crippen LogP contribution in [0.2, 0.25) is 0 Å². The molecule has 1 saturated carbocycles. The number of hydrogen-bond acceptors (Lipinski definition) is 4. The Morgan fingerprint density at radius 2 is 1.76 bits per heavy atom. The first-order valence-corrected chi connectivity index (χ1v) is 11.2. The second-order valence-corrected chi connectivity index (χ2v) is 8.17. The summed E-state index contributed by atoms with van der Waals surface area (Å²) in [6.45, 7) is 2.16. The summed E-state index contributed by atoms with van der Waals surface area (Å²) < 4.78 is 11.0. The van der Waals surface area contributed by atoms with Crippen LogP contribution >= 0.6 is 15.9 Å². The maximum Gasteiger partial charge on any atom is 0.316 e. The highest BCUT2D eigenvalue weighted by molar-refractivity contribution is 9.09. The van der Waals surface area contributed by atoms with E-state index < -0.39 is 0 Å². The number of ether oxygens (including phenoxy) is 2. The van der Waals surface area contributed by atoms with Gasteiger partial charge in [0.15, 0.2) is 0 Å².